The van der Waals surface area contributed by atoms with Gasteiger partial charge in [-0.1, -0.05) is 17.4 Å². The van der Waals surface area contributed by atoms with E-state index in [-0.39, 0.29) is 5.91 Å². The van der Waals surface area contributed by atoms with Crippen LogP contribution in [0.15, 0.2) is 41.0 Å². The first-order valence-corrected chi connectivity index (χ1v) is 11.9. The van der Waals surface area contributed by atoms with Crippen molar-refractivity contribution < 1.29 is 23.4 Å². The molecule has 0 unspecified atom stereocenters. The largest absolute Gasteiger partial charge is 0.493 e. The highest BCUT2D eigenvalue weighted by Crippen LogP contribution is 2.42. The van der Waals surface area contributed by atoms with E-state index in [9.17, 15) is 4.79 Å². The van der Waals surface area contributed by atoms with Crippen LogP contribution in [-0.2, 0) is 4.79 Å². The fourth-order valence-electron chi connectivity index (χ4n) is 3.93. The van der Waals surface area contributed by atoms with E-state index in [1.54, 1.807) is 20.5 Å². The molecule has 1 amide bonds. The van der Waals surface area contributed by atoms with Crippen LogP contribution >= 0.6 is 11.3 Å². The minimum Gasteiger partial charge on any atom is -0.493 e. The van der Waals surface area contributed by atoms with Crippen molar-refractivity contribution in [2.75, 3.05) is 26.1 Å². The van der Waals surface area contributed by atoms with Gasteiger partial charge in [-0.15, -0.1) is 10.2 Å². The van der Waals surface area contributed by atoms with Gasteiger partial charge in [-0.05, 0) is 57.0 Å². The van der Waals surface area contributed by atoms with Gasteiger partial charge in [0.1, 0.15) is 16.3 Å². The van der Waals surface area contributed by atoms with Gasteiger partial charge < -0.3 is 18.6 Å². The number of nitrogens with zero attached hydrogens (tertiary/aromatic N) is 2. The zero-order valence-corrected chi connectivity index (χ0v) is 21.3. The summed E-state index contributed by atoms with van der Waals surface area (Å²) in [5.74, 6) is 1.67. The highest BCUT2D eigenvalue weighted by molar-refractivity contribution is 7.15. The topological polar surface area (TPSA) is 95.7 Å². The first kappa shape index (κ1) is 24.3. The number of amides is 1. The number of hydrogen-bond acceptors (Lipinski definition) is 8. The Morgan fingerprint density at radius 2 is 1.91 bits per heavy atom. The number of aromatic nitrogens is 2. The molecule has 4 aromatic rings. The Kier molecular flexibility index (Phi) is 7.07. The predicted molar refractivity (Wildman–Crippen MR) is 138 cm³/mol. The van der Waals surface area contributed by atoms with E-state index in [1.165, 1.54) is 17.4 Å². The van der Waals surface area contributed by atoms with Crippen molar-refractivity contribution in [3.63, 3.8) is 0 Å². The first-order chi connectivity index (χ1) is 16.9. The number of hydrogen-bond donors (Lipinski definition) is 1. The van der Waals surface area contributed by atoms with E-state index in [4.69, 9.17) is 18.6 Å². The van der Waals surface area contributed by atoms with Crippen molar-refractivity contribution in [1.29, 1.82) is 0 Å². The summed E-state index contributed by atoms with van der Waals surface area (Å²) < 4.78 is 22.8. The molecule has 0 aliphatic heterocycles. The van der Waals surface area contributed by atoms with Crippen molar-refractivity contribution >= 4 is 38.9 Å². The lowest BCUT2D eigenvalue weighted by Crippen LogP contribution is -2.08. The molecule has 4 rings (SSSR count). The standard InChI is InChI=1S/C26H27N3O5S/c1-7-33-24-15(3)25-19(20(13-34-25)17-8-9-21(31-5)22(11-17)32-6)12-18(24)14(2)10-23(30)27-26-29-28-16(4)35-26/h8-13H,7H2,1-6H3,(H,27,29,30)/b14-10+. The minimum atomic E-state index is -0.286. The summed E-state index contributed by atoms with van der Waals surface area (Å²) in [6, 6.07) is 7.73. The lowest BCUT2D eigenvalue weighted by atomic mass is 9.96. The molecule has 182 valence electrons. The van der Waals surface area contributed by atoms with Gasteiger partial charge in [0, 0.05) is 28.2 Å². The third-order valence-corrected chi connectivity index (χ3v) is 6.31. The number of carbonyl (C=O) groups is 1. The van der Waals surface area contributed by atoms with Crippen molar-refractivity contribution in [2.24, 2.45) is 0 Å². The lowest BCUT2D eigenvalue weighted by molar-refractivity contribution is -0.111. The number of furan rings is 1. The molecule has 0 fully saturated rings. The Balaban J connectivity index is 1.80. The summed E-state index contributed by atoms with van der Waals surface area (Å²) in [6.45, 7) is 8.07. The average Bonchev–Trinajstić information content (AvgIpc) is 3.46. The zero-order valence-electron chi connectivity index (χ0n) is 20.5. The smallest absolute Gasteiger partial charge is 0.250 e. The summed E-state index contributed by atoms with van der Waals surface area (Å²) in [6.07, 6.45) is 3.26. The maximum atomic E-state index is 12.7. The van der Waals surface area contributed by atoms with Crippen molar-refractivity contribution in [3.8, 4) is 28.4 Å². The monoisotopic (exact) mass is 493 g/mol. The molecule has 0 saturated carbocycles. The predicted octanol–water partition coefficient (Wildman–Crippen LogP) is 6.03. The molecular weight excluding hydrogens is 466 g/mol. The number of fused-ring (bicyclic) bond motifs is 1. The molecule has 8 nitrogen and oxygen atoms in total. The highest BCUT2D eigenvalue weighted by atomic mass is 32.1. The van der Waals surface area contributed by atoms with Crippen molar-refractivity contribution in [3.05, 3.63) is 52.7 Å². The molecule has 9 heteroatoms. The van der Waals surface area contributed by atoms with Crippen molar-refractivity contribution in [2.45, 2.75) is 27.7 Å². The Morgan fingerprint density at radius 3 is 2.57 bits per heavy atom. The number of ether oxygens (including phenoxy) is 3. The van der Waals surface area contributed by atoms with Crippen LogP contribution in [0.5, 0.6) is 17.2 Å². The molecular formula is C26H27N3O5S. The number of benzene rings is 2. The lowest BCUT2D eigenvalue weighted by Gasteiger charge is -2.15. The van der Waals surface area contributed by atoms with Gasteiger partial charge in [0.2, 0.25) is 11.0 Å². The van der Waals surface area contributed by atoms with Gasteiger partial charge in [-0.2, -0.15) is 0 Å². The quantitative estimate of drug-likeness (QED) is 0.300. The van der Waals surface area contributed by atoms with Gasteiger partial charge >= 0.3 is 0 Å². The molecule has 2 aromatic heterocycles. The molecule has 1 N–H and O–H groups in total. The van der Waals surface area contributed by atoms with Crippen LogP contribution in [0.1, 0.15) is 30.0 Å². The third kappa shape index (κ3) is 4.85. The SMILES string of the molecule is CCOc1c(/C(C)=C/C(=O)Nc2nnc(C)s2)cc2c(-c3ccc(OC)c(OC)c3)coc2c1C. The van der Waals surface area contributed by atoms with Gasteiger partial charge in [-0.3, -0.25) is 10.1 Å². The number of methoxy groups -OCH3 is 2. The Morgan fingerprint density at radius 1 is 1.14 bits per heavy atom. The van der Waals surface area contributed by atoms with Gasteiger partial charge in [0.15, 0.2) is 11.5 Å². The third-order valence-electron chi connectivity index (χ3n) is 5.56. The molecule has 0 aliphatic rings. The number of rotatable bonds is 8. The van der Waals surface area contributed by atoms with E-state index in [1.807, 2.05) is 52.0 Å². The normalized spacial score (nSPS) is 11.5. The van der Waals surface area contributed by atoms with E-state index in [0.29, 0.717) is 29.0 Å². The molecule has 0 aliphatic carbocycles. The molecule has 2 heterocycles. The van der Waals surface area contributed by atoms with E-state index in [0.717, 1.165) is 43.8 Å². The molecule has 0 spiro atoms. The van der Waals surface area contributed by atoms with Gasteiger partial charge in [0.25, 0.3) is 0 Å². The summed E-state index contributed by atoms with van der Waals surface area (Å²) >= 11 is 1.32. The van der Waals surface area contributed by atoms with Crippen LogP contribution in [0, 0.1) is 13.8 Å². The fraction of sp³-hybridized carbons (Fsp3) is 0.269. The molecule has 2 aromatic carbocycles. The second-order valence-corrected chi connectivity index (χ2v) is 9.03. The maximum absolute atomic E-state index is 12.7. The van der Waals surface area contributed by atoms with Crippen molar-refractivity contribution in [1.82, 2.24) is 10.2 Å². The number of carbonyl (C=O) groups excluding carboxylic acids is 1. The molecule has 35 heavy (non-hydrogen) atoms. The summed E-state index contributed by atoms with van der Waals surface area (Å²) in [7, 11) is 3.21. The summed E-state index contributed by atoms with van der Waals surface area (Å²) in [4.78, 5) is 12.7. The van der Waals surface area contributed by atoms with E-state index in [2.05, 4.69) is 15.5 Å². The number of nitrogens with one attached hydrogen (secondary N) is 1. The number of allylic oxidation sites excluding steroid dienone is 1. The van der Waals surface area contributed by atoms with Gasteiger partial charge in [-0.25, -0.2) is 0 Å². The van der Waals surface area contributed by atoms with Crippen LogP contribution in [0.25, 0.3) is 27.7 Å². The van der Waals surface area contributed by atoms with E-state index >= 15 is 0 Å². The average molecular weight is 494 g/mol. The highest BCUT2D eigenvalue weighted by Gasteiger charge is 2.20. The Bertz CT molecular complexity index is 1420. The zero-order chi connectivity index (χ0) is 25.1. The Labute approximate surface area is 207 Å². The molecule has 0 radical (unpaired) electrons. The maximum Gasteiger partial charge on any atom is 0.250 e. The summed E-state index contributed by atoms with van der Waals surface area (Å²) in [5, 5.41) is 12.8. The molecule has 0 atom stereocenters. The van der Waals surface area contributed by atoms with Crippen LogP contribution < -0.4 is 19.5 Å². The van der Waals surface area contributed by atoms with Crippen LogP contribution in [-0.4, -0.2) is 36.9 Å². The minimum absolute atomic E-state index is 0.286. The van der Waals surface area contributed by atoms with E-state index < -0.39 is 0 Å². The first-order valence-electron chi connectivity index (χ1n) is 11.1. The second kappa shape index (κ2) is 10.2. The fourth-order valence-corrected chi connectivity index (χ4v) is 4.52. The molecule has 0 saturated heterocycles. The Hall–Kier alpha value is -3.85. The van der Waals surface area contributed by atoms with Crippen LogP contribution in [0.4, 0.5) is 5.13 Å². The molecule has 0 bridgehead atoms. The van der Waals surface area contributed by atoms with Gasteiger partial charge in [0.05, 0.1) is 27.1 Å². The van der Waals surface area contributed by atoms with Crippen LogP contribution in [0.3, 0.4) is 0 Å². The second-order valence-electron chi connectivity index (χ2n) is 7.85. The summed E-state index contributed by atoms with van der Waals surface area (Å²) in [5.41, 5.74) is 4.96. The van der Waals surface area contributed by atoms with Crippen LogP contribution in [0.2, 0.25) is 0 Å². The number of anilines is 1. The number of aryl methyl sites for hydroxylation is 2.